The van der Waals surface area contributed by atoms with Crippen LogP contribution in [0.4, 0.5) is 4.39 Å². The predicted octanol–water partition coefficient (Wildman–Crippen LogP) is 4.63. The van der Waals surface area contributed by atoms with E-state index in [1.54, 1.807) is 23.5 Å². The molecule has 0 aliphatic carbocycles. The van der Waals surface area contributed by atoms with Crippen LogP contribution in [0.5, 0.6) is 10.8 Å². The Bertz CT molecular complexity index is 447. The first-order valence-electron chi connectivity index (χ1n) is 5.30. The molecule has 0 atom stereocenters. The first-order chi connectivity index (χ1) is 7.78. The van der Waals surface area contributed by atoms with Crippen LogP contribution in [0.25, 0.3) is 0 Å². The topological polar surface area (TPSA) is 9.23 Å². The number of ether oxygens (including phenoxy) is 1. The smallest absolute Gasteiger partial charge is 0.181 e. The third-order valence-corrected chi connectivity index (χ3v) is 3.19. The van der Waals surface area contributed by atoms with Gasteiger partial charge in [0, 0.05) is 4.88 Å². The first kappa shape index (κ1) is 11.1. The van der Waals surface area contributed by atoms with Crippen LogP contribution in [-0.2, 0) is 6.42 Å². The van der Waals surface area contributed by atoms with Crippen molar-refractivity contribution in [3.8, 4) is 10.8 Å². The van der Waals surface area contributed by atoms with Crippen LogP contribution in [-0.4, -0.2) is 0 Å². The lowest BCUT2D eigenvalue weighted by Gasteiger charge is -2.01. The standard InChI is InChI=1S/C13H13FOS/c1-2-3-12-8-9-13(16-12)15-11-6-4-10(14)5-7-11/h4-9H,2-3H2,1H3. The molecule has 0 saturated carbocycles. The molecule has 0 radical (unpaired) electrons. The fourth-order valence-corrected chi connectivity index (χ4v) is 2.39. The summed E-state index contributed by atoms with van der Waals surface area (Å²) in [5.74, 6) is 0.427. The summed E-state index contributed by atoms with van der Waals surface area (Å²) in [7, 11) is 0. The Morgan fingerprint density at radius 1 is 1.12 bits per heavy atom. The maximum absolute atomic E-state index is 12.7. The van der Waals surface area contributed by atoms with Crippen molar-refractivity contribution in [3.63, 3.8) is 0 Å². The molecule has 84 valence electrons. The Hall–Kier alpha value is -1.35. The van der Waals surface area contributed by atoms with E-state index >= 15 is 0 Å². The number of rotatable bonds is 4. The van der Waals surface area contributed by atoms with E-state index in [-0.39, 0.29) is 5.82 Å². The monoisotopic (exact) mass is 236 g/mol. The summed E-state index contributed by atoms with van der Waals surface area (Å²) in [6.45, 7) is 2.15. The van der Waals surface area contributed by atoms with Crippen molar-refractivity contribution in [1.82, 2.24) is 0 Å². The lowest BCUT2D eigenvalue weighted by Crippen LogP contribution is -1.80. The second-order valence-corrected chi connectivity index (χ2v) is 4.66. The molecular formula is C13H13FOS. The number of halogens is 1. The maximum Gasteiger partial charge on any atom is 0.181 e. The van der Waals surface area contributed by atoms with Crippen molar-refractivity contribution in [2.45, 2.75) is 19.8 Å². The third kappa shape index (κ3) is 2.83. The molecule has 3 heteroatoms. The van der Waals surface area contributed by atoms with Crippen LogP contribution in [0, 0.1) is 5.82 Å². The zero-order valence-electron chi connectivity index (χ0n) is 9.07. The number of aryl methyl sites for hydroxylation is 1. The van der Waals surface area contributed by atoms with Gasteiger partial charge < -0.3 is 4.74 Å². The van der Waals surface area contributed by atoms with Crippen molar-refractivity contribution >= 4 is 11.3 Å². The summed E-state index contributed by atoms with van der Waals surface area (Å²) < 4.78 is 18.3. The van der Waals surface area contributed by atoms with Gasteiger partial charge in [0.05, 0.1) is 0 Å². The van der Waals surface area contributed by atoms with E-state index in [1.165, 1.54) is 17.0 Å². The molecule has 0 unspecified atom stereocenters. The van der Waals surface area contributed by atoms with E-state index in [2.05, 4.69) is 13.0 Å². The fraction of sp³-hybridized carbons (Fsp3) is 0.231. The highest BCUT2D eigenvalue weighted by molar-refractivity contribution is 7.13. The highest BCUT2D eigenvalue weighted by Gasteiger charge is 2.02. The maximum atomic E-state index is 12.7. The Morgan fingerprint density at radius 3 is 2.56 bits per heavy atom. The zero-order chi connectivity index (χ0) is 11.4. The van der Waals surface area contributed by atoms with Crippen molar-refractivity contribution in [2.75, 3.05) is 0 Å². The van der Waals surface area contributed by atoms with Gasteiger partial charge in [-0.3, -0.25) is 0 Å². The summed E-state index contributed by atoms with van der Waals surface area (Å²) in [6, 6.07) is 10.1. The van der Waals surface area contributed by atoms with Crippen LogP contribution in [0.3, 0.4) is 0 Å². The average molecular weight is 236 g/mol. The molecule has 2 aromatic rings. The van der Waals surface area contributed by atoms with Gasteiger partial charge in [0.1, 0.15) is 11.6 Å². The van der Waals surface area contributed by atoms with Gasteiger partial charge in [-0.05, 0) is 42.8 Å². The van der Waals surface area contributed by atoms with Gasteiger partial charge >= 0.3 is 0 Å². The lowest BCUT2D eigenvalue weighted by atomic mass is 10.3. The predicted molar refractivity (Wildman–Crippen MR) is 64.8 cm³/mol. The van der Waals surface area contributed by atoms with Gasteiger partial charge in [-0.15, -0.1) is 11.3 Å². The fourth-order valence-electron chi connectivity index (χ4n) is 1.41. The van der Waals surface area contributed by atoms with Gasteiger partial charge in [0.25, 0.3) is 0 Å². The van der Waals surface area contributed by atoms with Gasteiger partial charge in [0.15, 0.2) is 5.06 Å². The van der Waals surface area contributed by atoms with Crippen molar-refractivity contribution in [1.29, 1.82) is 0 Å². The van der Waals surface area contributed by atoms with Crippen LogP contribution < -0.4 is 4.74 Å². The zero-order valence-corrected chi connectivity index (χ0v) is 9.89. The molecule has 1 aromatic carbocycles. The molecule has 16 heavy (non-hydrogen) atoms. The van der Waals surface area contributed by atoms with Crippen LogP contribution in [0.1, 0.15) is 18.2 Å². The summed E-state index contributed by atoms with van der Waals surface area (Å²) in [4.78, 5) is 1.32. The Kier molecular flexibility index (Phi) is 3.57. The quantitative estimate of drug-likeness (QED) is 0.752. The second-order valence-electron chi connectivity index (χ2n) is 3.53. The van der Waals surface area contributed by atoms with Crippen LogP contribution in [0.15, 0.2) is 36.4 Å². The van der Waals surface area contributed by atoms with E-state index < -0.39 is 0 Å². The van der Waals surface area contributed by atoms with Crippen LogP contribution in [0.2, 0.25) is 0 Å². The average Bonchev–Trinajstić information content (AvgIpc) is 2.70. The van der Waals surface area contributed by atoms with E-state index in [1.807, 2.05) is 6.07 Å². The molecule has 2 rings (SSSR count). The summed E-state index contributed by atoms with van der Waals surface area (Å²) in [6.07, 6.45) is 2.22. The lowest BCUT2D eigenvalue weighted by molar-refractivity contribution is 0.494. The summed E-state index contributed by atoms with van der Waals surface area (Å²) >= 11 is 1.64. The highest BCUT2D eigenvalue weighted by Crippen LogP contribution is 2.30. The largest absolute Gasteiger partial charge is 0.447 e. The molecule has 0 saturated heterocycles. The third-order valence-electron chi connectivity index (χ3n) is 2.17. The highest BCUT2D eigenvalue weighted by atomic mass is 32.1. The van der Waals surface area contributed by atoms with E-state index in [9.17, 15) is 4.39 Å². The molecule has 0 aliphatic rings. The molecule has 1 heterocycles. The van der Waals surface area contributed by atoms with Gasteiger partial charge in [-0.25, -0.2) is 4.39 Å². The molecule has 0 fully saturated rings. The number of benzene rings is 1. The Balaban J connectivity index is 2.05. The van der Waals surface area contributed by atoms with E-state index in [0.717, 1.165) is 17.9 Å². The van der Waals surface area contributed by atoms with Crippen molar-refractivity contribution < 1.29 is 9.13 Å². The van der Waals surface area contributed by atoms with Gasteiger partial charge in [-0.1, -0.05) is 13.3 Å². The molecule has 0 spiro atoms. The Morgan fingerprint density at radius 2 is 1.88 bits per heavy atom. The number of hydrogen-bond acceptors (Lipinski definition) is 2. The minimum atomic E-state index is -0.245. The minimum Gasteiger partial charge on any atom is -0.447 e. The normalized spacial score (nSPS) is 10.4. The van der Waals surface area contributed by atoms with Crippen molar-refractivity contribution in [2.24, 2.45) is 0 Å². The molecule has 1 nitrogen and oxygen atoms in total. The summed E-state index contributed by atoms with van der Waals surface area (Å²) in [5, 5.41) is 0.857. The first-order valence-corrected chi connectivity index (χ1v) is 6.11. The minimum absolute atomic E-state index is 0.245. The van der Waals surface area contributed by atoms with Crippen LogP contribution >= 0.6 is 11.3 Å². The second kappa shape index (κ2) is 5.12. The molecule has 1 aromatic heterocycles. The van der Waals surface area contributed by atoms with Gasteiger partial charge in [-0.2, -0.15) is 0 Å². The SMILES string of the molecule is CCCc1ccc(Oc2ccc(F)cc2)s1. The molecule has 0 aliphatic heterocycles. The molecular weight excluding hydrogens is 223 g/mol. The number of thiophene rings is 1. The molecule has 0 bridgehead atoms. The van der Waals surface area contributed by atoms with Crippen molar-refractivity contribution in [3.05, 3.63) is 47.1 Å². The van der Waals surface area contributed by atoms with Gasteiger partial charge in [0.2, 0.25) is 0 Å². The molecule has 0 amide bonds. The summed E-state index contributed by atoms with van der Waals surface area (Å²) in [5.41, 5.74) is 0. The van der Waals surface area contributed by atoms with E-state index in [0.29, 0.717) is 5.75 Å². The van der Waals surface area contributed by atoms with E-state index in [4.69, 9.17) is 4.74 Å². The molecule has 0 N–H and O–H groups in total. The Labute approximate surface area is 98.5 Å². The number of hydrogen-bond donors (Lipinski definition) is 0.